The molecule has 0 bridgehead atoms. The molecule has 1 aromatic rings. The molecule has 0 spiro atoms. The summed E-state index contributed by atoms with van der Waals surface area (Å²) >= 11 is 6.08. The van der Waals surface area contributed by atoms with Gasteiger partial charge in [-0.3, -0.25) is 11.3 Å². The molecule has 0 heterocycles. The highest BCUT2D eigenvalue weighted by atomic mass is 35.5. The normalized spacial score (nSPS) is 13.0. The van der Waals surface area contributed by atoms with Gasteiger partial charge in [0.05, 0.1) is 0 Å². The van der Waals surface area contributed by atoms with E-state index in [1.807, 2.05) is 0 Å². The van der Waals surface area contributed by atoms with Crippen molar-refractivity contribution in [3.8, 4) is 0 Å². The van der Waals surface area contributed by atoms with Crippen molar-refractivity contribution in [2.75, 3.05) is 19.6 Å². The summed E-state index contributed by atoms with van der Waals surface area (Å²) in [6, 6.07) is 4.22. The smallest absolute Gasteiger partial charge is 0.123 e. The molecule has 1 atom stereocenters. The number of hydrogen-bond donors (Lipinski definition) is 2. The second-order valence-electron chi connectivity index (χ2n) is 4.20. The molecule has 0 saturated heterocycles. The Morgan fingerprint density at radius 1 is 1.39 bits per heavy atom. The fourth-order valence-electron chi connectivity index (χ4n) is 1.96. The first-order valence-electron chi connectivity index (χ1n) is 6.25. The second kappa shape index (κ2) is 7.69. The second-order valence-corrected chi connectivity index (χ2v) is 4.61. The number of benzene rings is 1. The number of hydrazine groups is 1. The summed E-state index contributed by atoms with van der Waals surface area (Å²) in [6.07, 6.45) is 0.793. The molecule has 0 aliphatic rings. The largest absolute Gasteiger partial charge is 0.304 e. The first kappa shape index (κ1) is 15.4. The van der Waals surface area contributed by atoms with Gasteiger partial charge in [-0.2, -0.15) is 0 Å². The van der Waals surface area contributed by atoms with Gasteiger partial charge in [0, 0.05) is 11.1 Å². The summed E-state index contributed by atoms with van der Waals surface area (Å²) < 4.78 is 13.2. The number of nitrogens with two attached hydrogens (primary N) is 1. The van der Waals surface area contributed by atoms with Crippen LogP contribution in [0.5, 0.6) is 0 Å². The van der Waals surface area contributed by atoms with Crippen LogP contribution in [0.25, 0.3) is 0 Å². The lowest BCUT2D eigenvalue weighted by Gasteiger charge is -2.23. The number of nitrogens with zero attached hydrogens (tertiary/aromatic N) is 1. The molecule has 102 valence electrons. The molecule has 0 aliphatic heterocycles. The van der Waals surface area contributed by atoms with E-state index in [1.165, 1.54) is 12.1 Å². The minimum Gasteiger partial charge on any atom is -0.304 e. The van der Waals surface area contributed by atoms with Crippen LogP contribution < -0.4 is 11.3 Å². The van der Waals surface area contributed by atoms with Gasteiger partial charge in [0.25, 0.3) is 0 Å². The Hall–Kier alpha value is -0.680. The van der Waals surface area contributed by atoms with E-state index in [-0.39, 0.29) is 11.9 Å². The van der Waals surface area contributed by atoms with Crippen molar-refractivity contribution >= 4 is 11.6 Å². The summed E-state index contributed by atoms with van der Waals surface area (Å²) in [5.74, 6) is 5.25. The molecule has 0 amide bonds. The molecule has 5 heteroatoms. The Morgan fingerprint density at radius 3 is 2.61 bits per heavy atom. The maximum Gasteiger partial charge on any atom is 0.123 e. The maximum absolute atomic E-state index is 13.2. The molecule has 1 unspecified atom stereocenters. The highest BCUT2D eigenvalue weighted by Crippen LogP contribution is 2.25. The van der Waals surface area contributed by atoms with Crippen molar-refractivity contribution in [3.05, 3.63) is 34.6 Å². The number of nitrogens with one attached hydrogen (secondary N) is 1. The summed E-state index contributed by atoms with van der Waals surface area (Å²) in [5, 5.41) is 0.541. The molecular weight excluding hydrogens is 253 g/mol. The number of rotatable bonds is 7. The van der Waals surface area contributed by atoms with Gasteiger partial charge in [-0.15, -0.1) is 0 Å². The van der Waals surface area contributed by atoms with Crippen LogP contribution in [0.3, 0.4) is 0 Å². The fraction of sp³-hybridized carbons (Fsp3) is 0.538. The first-order valence-corrected chi connectivity index (χ1v) is 6.63. The van der Waals surface area contributed by atoms with Crippen LogP contribution in [0.4, 0.5) is 4.39 Å². The standard InChI is InChI=1S/C13H21ClFN3/c1-3-18(4-2)8-7-13(17-16)11-9-10(15)5-6-12(11)14/h5-6,9,13,17H,3-4,7-8,16H2,1-2H3. The van der Waals surface area contributed by atoms with E-state index in [0.717, 1.165) is 26.1 Å². The topological polar surface area (TPSA) is 41.3 Å². The van der Waals surface area contributed by atoms with Crippen LogP contribution in [0.1, 0.15) is 31.9 Å². The zero-order chi connectivity index (χ0) is 13.5. The molecule has 1 aromatic carbocycles. The van der Waals surface area contributed by atoms with Crippen LogP contribution in [-0.4, -0.2) is 24.5 Å². The van der Waals surface area contributed by atoms with E-state index in [0.29, 0.717) is 10.6 Å². The third-order valence-electron chi connectivity index (χ3n) is 3.16. The van der Waals surface area contributed by atoms with E-state index in [2.05, 4.69) is 24.2 Å². The van der Waals surface area contributed by atoms with Gasteiger partial charge < -0.3 is 4.90 Å². The van der Waals surface area contributed by atoms with Crippen molar-refractivity contribution in [1.82, 2.24) is 10.3 Å². The van der Waals surface area contributed by atoms with Gasteiger partial charge >= 0.3 is 0 Å². The van der Waals surface area contributed by atoms with Crippen molar-refractivity contribution in [3.63, 3.8) is 0 Å². The molecule has 3 nitrogen and oxygen atoms in total. The zero-order valence-corrected chi connectivity index (χ0v) is 11.7. The van der Waals surface area contributed by atoms with Crippen molar-refractivity contribution in [2.45, 2.75) is 26.3 Å². The SMILES string of the molecule is CCN(CC)CCC(NN)c1cc(F)ccc1Cl. The lowest BCUT2D eigenvalue weighted by atomic mass is 10.0. The van der Waals surface area contributed by atoms with Crippen molar-refractivity contribution in [1.29, 1.82) is 0 Å². The monoisotopic (exact) mass is 273 g/mol. The summed E-state index contributed by atoms with van der Waals surface area (Å²) in [6.45, 7) is 7.11. The van der Waals surface area contributed by atoms with E-state index in [1.54, 1.807) is 6.07 Å². The predicted molar refractivity (Wildman–Crippen MR) is 73.9 cm³/mol. The Bertz CT molecular complexity index is 369. The Labute approximate surface area is 113 Å². The molecule has 3 N–H and O–H groups in total. The number of hydrogen-bond acceptors (Lipinski definition) is 3. The zero-order valence-electron chi connectivity index (χ0n) is 10.9. The maximum atomic E-state index is 13.2. The lowest BCUT2D eigenvalue weighted by molar-refractivity contribution is 0.282. The molecule has 1 rings (SSSR count). The molecule has 0 aromatic heterocycles. The summed E-state index contributed by atoms with van der Waals surface area (Å²) in [5.41, 5.74) is 3.43. The third kappa shape index (κ3) is 4.21. The molecule has 0 fully saturated rings. The Kier molecular flexibility index (Phi) is 6.57. The van der Waals surface area contributed by atoms with E-state index in [9.17, 15) is 4.39 Å². The molecule has 0 saturated carbocycles. The molecule has 0 radical (unpaired) electrons. The minimum atomic E-state index is -0.294. The minimum absolute atomic E-state index is 0.131. The van der Waals surface area contributed by atoms with Gasteiger partial charge in [-0.05, 0) is 49.8 Å². The average molecular weight is 274 g/mol. The van der Waals surface area contributed by atoms with E-state index < -0.39 is 0 Å². The van der Waals surface area contributed by atoms with Gasteiger partial charge in [-0.1, -0.05) is 25.4 Å². The molecular formula is C13H21ClFN3. The quantitative estimate of drug-likeness (QED) is 0.593. The van der Waals surface area contributed by atoms with Crippen LogP contribution in [0.15, 0.2) is 18.2 Å². The lowest BCUT2D eigenvalue weighted by Crippen LogP contribution is -2.33. The summed E-state index contributed by atoms with van der Waals surface area (Å²) in [4.78, 5) is 2.29. The third-order valence-corrected chi connectivity index (χ3v) is 3.51. The van der Waals surface area contributed by atoms with Crippen LogP contribution in [-0.2, 0) is 0 Å². The Morgan fingerprint density at radius 2 is 2.06 bits per heavy atom. The Balaban J connectivity index is 2.73. The van der Waals surface area contributed by atoms with Crippen LogP contribution in [0.2, 0.25) is 5.02 Å². The fourth-order valence-corrected chi connectivity index (χ4v) is 2.21. The van der Waals surface area contributed by atoms with Crippen LogP contribution >= 0.6 is 11.6 Å². The summed E-state index contributed by atoms with van der Waals surface area (Å²) in [7, 11) is 0. The average Bonchev–Trinajstić information content (AvgIpc) is 2.38. The van der Waals surface area contributed by atoms with E-state index in [4.69, 9.17) is 17.4 Å². The van der Waals surface area contributed by atoms with Gasteiger partial charge in [0.15, 0.2) is 0 Å². The highest BCUT2D eigenvalue weighted by molar-refractivity contribution is 6.31. The number of halogens is 2. The highest BCUT2D eigenvalue weighted by Gasteiger charge is 2.15. The van der Waals surface area contributed by atoms with Crippen LogP contribution in [0, 0.1) is 5.82 Å². The van der Waals surface area contributed by atoms with Crippen molar-refractivity contribution < 1.29 is 4.39 Å². The molecule has 18 heavy (non-hydrogen) atoms. The predicted octanol–water partition coefficient (Wildman–Crippen LogP) is 2.72. The first-order chi connectivity index (χ1) is 8.62. The van der Waals surface area contributed by atoms with Gasteiger partial charge in [0.2, 0.25) is 0 Å². The van der Waals surface area contributed by atoms with Crippen molar-refractivity contribution in [2.24, 2.45) is 5.84 Å². The van der Waals surface area contributed by atoms with Gasteiger partial charge in [-0.25, -0.2) is 4.39 Å². The van der Waals surface area contributed by atoms with E-state index >= 15 is 0 Å². The molecule has 0 aliphatic carbocycles. The van der Waals surface area contributed by atoms with Gasteiger partial charge in [0.1, 0.15) is 5.82 Å².